The Bertz CT molecular complexity index is 1100. The topological polar surface area (TPSA) is 30.5 Å². The Labute approximate surface area is 215 Å². The highest BCUT2D eigenvalue weighted by molar-refractivity contribution is 5.50. The first-order valence-electron chi connectivity index (χ1n) is 13.5. The molecule has 3 aromatic carbocycles. The molecular weight excluding hydrogens is 447 g/mol. The van der Waals surface area contributed by atoms with Crippen LogP contribution in [0.2, 0.25) is 0 Å². The molecule has 2 fully saturated rings. The largest absolute Gasteiger partial charge is 0.369 e. The molecule has 0 spiro atoms. The van der Waals surface area contributed by atoms with Crippen LogP contribution in [0.25, 0.3) is 0 Å². The van der Waals surface area contributed by atoms with Gasteiger partial charge in [0.1, 0.15) is 5.82 Å². The fourth-order valence-electron chi connectivity index (χ4n) is 6.05. The summed E-state index contributed by atoms with van der Waals surface area (Å²) >= 11 is 0. The van der Waals surface area contributed by atoms with E-state index in [9.17, 15) is 4.39 Å². The third-order valence-electron chi connectivity index (χ3n) is 7.91. The van der Waals surface area contributed by atoms with E-state index in [0.717, 1.165) is 43.5 Å². The van der Waals surface area contributed by atoms with Crippen molar-refractivity contribution < 1.29 is 4.39 Å². The number of para-hydroxylation sites is 1. The fraction of sp³-hybridized carbons (Fsp3) is 0.419. The number of rotatable bonds is 7. The highest BCUT2D eigenvalue weighted by Crippen LogP contribution is 2.40. The molecule has 190 valence electrons. The minimum Gasteiger partial charge on any atom is -0.369 e. The van der Waals surface area contributed by atoms with Crippen LogP contribution in [0.1, 0.15) is 44.6 Å². The van der Waals surface area contributed by atoms with Gasteiger partial charge in [0.25, 0.3) is 0 Å². The van der Waals surface area contributed by atoms with Gasteiger partial charge in [-0.25, -0.2) is 4.39 Å². The molecule has 1 saturated heterocycles. The lowest BCUT2D eigenvalue weighted by molar-refractivity contribution is 0.112. The predicted molar refractivity (Wildman–Crippen MR) is 149 cm³/mol. The Morgan fingerprint density at radius 1 is 0.806 bits per heavy atom. The average molecular weight is 487 g/mol. The SMILES string of the molecule is CC(Nc1ccc(C2C[C@@H](C)CC[C@H]2N2CCN(c3ccccc3)CC2)cc1)Nc1cccc(F)c1. The molecule has 0 bridgehead atoms. The average Bonchev–Trinajstić information content (AvgIpc) is 2.90. The molecule has 0 radical (unpaired) electrons. The second-order valence-corrected chi connectivity index (χ2v) is 10.6. The van der Waals surface area contributed by atoms with E-state index < -0.39 is 0 Å². The van der Waals surface area contributed by atoms with Crippen molar-refractivity contribution in [2.24, 2.45) is 5.92 Å². The van der Waals surface area contributed by atoms with E-state index >= 15 is 0 Å². The van der Waals surface area contributed by atoms with Gasteiger partial charge < -0.3 is 15.5 Å². The molecule has 1 saturated carbocycles. The lowest BCUT2D eigenvalue weighted by Crippen LogP contribution is -2.53. The normalized spacial score (nSPS) is 23.8. The number of nitrogens with one attached hydrogen (secondary N) is 2. The third-order valence-corrected chi connectivity index (χ3v) is 7.91. The lowest BCUT2D eigenvalue weighted by Gasteiger charge is -2.46. The van der Waals surface area contributed by atoms with E-state index in [4.69, 9.17) is 0 Å². The van der Waals surface area contributed by atoms with Crippen molar-refractivity contribution in [3.8, 4) is 0 Å². The van der Waals surface area contributed by atoms with Crippen molar-refractivity contribution >= 4 is 17.1 Å². The zero-order valence-corrected chi connectivity index (χ0v) is 21.5. The number of hydrogen-bond donors (Lipinski definition) is 2. The maximum atomic E-state index is 13.5. The van der Waals surface area contributed by atoms with Crippen LogP contribution in [0.4, 0.5) is 21.5 Å². The first-order chi connectivity index (χ1) is 17.5. The highest BCUT2D eigenvalue weighted by atomic mass is 19.1. The molecule has 3 aromatic rings. The maximum Gasteiger partial charge on any atom is 0.125 e. The third kappa shape index (κ3) is 6.01. The van der Waals surface area contributed by atoms with Crippen LogP contribution in [0.5, 0.6) is 0 Å². The summed E-state index contributed by atoms with van der Waals surface area (Å²) in [5.74, 6) is 1.12. The van der Waals surface area contributed by atoms with E-state index in [-0.39, 0.29) is 12.0 Å². The Morgan fingerprint density at radius 2 is 1.53 bits per heavy atom. The molecule has 0 aromatic heterocycles. The molecular formula is C31H39FN4. The summed E-state index contributed by atoms with van der Waals surface area (Å²) in [6.07, 6.45) is 3.85. The number of anilines is 3. The first-order valence-corrected chi connectivity index (χ1v) is 13.5. The van der Waals surface area contributed by atoms with Crippen molar-refractivity contribution in [3.05, 3.63) is 90.2 Å². The Morgan fingerprint density at radius 3 is 2.25 bits per heavy atom. The minimum absolute atomic E-state index is 0.0130. The van der Waals surface area contributed by atoms with Gasteiger partial charge >= 0.3 is 0 Å². The summed E-state index contributed by atoms with van der Waals surface area (Å²) in [6, 6.07) is 27.0. The van der Waals surface area contributed by atoms with Gasteiger partial charge in [0.2, 0.25) is 0 Å². The van der Waals surface area contributed by atoms with E-state index in [0.29, 0.717) is 12.0 Å². The van der Waals surface area contributed by atoms with Crippen molar-refractivity contribution in [2.75, 3.05) is 41.7 Å². The summed E-state index contributed by atoms with van der Waals surface area (Å²) in [5.41, 5.74) is 4.65. The Balaban J connectivity index is 1.21. The molecule has 2 N–H and O–H groups in total. The molecule has 4 atom stereocenters. The van der Waals surface area contributed by atoms with Gasteiger partial charge in [-0.15, -0.1) is 0 Å². The van der Waals surface area contributed by atoms with E-state index in [1.807, 2.05) is 13.0 Å². The summed E-state index contributed by atoms with van der Waals surface area (Å²) in [4.78, 5) is 5.28. The van der Waals surface area contributed by atoms with Gasteiger partial charge in [0.05, 0.1) is 6.17 Å². The predicted octanol–water partition coefficient (Wildman–Crippen LogP) is 6.79. The minimum atomic E-state index is -0.228. The molecule has 0 amide bonds. The molecule has 2 aliphatic rings. The summed E-state index contributed by atoms with van der Waals surface area (Å²) in [5, 5.41) is 6.81. The molecule has 2 unspecified atom stereocenters. The Hall–Kier alpha value is -3.05. The van der Waals surface area contributed by atoms with Crippen LogP contribution in [-0.2, 0) is 0 Å². The maximum absolute atomic E-state index is 13.5. The van der Waals surface area contributed by atoms with Crippen LogP contribution in [0, 0.1) is 11.7 Å². The van der Waals surface area contributed by atoms with Crippen LogP contribution in [0.15, 0.2) is 78.9 Å². The van der Waals surface area contributed by atoms with E-state index in [1.54, 1.807) is 6.07 Å². The van der Waals surface area contributed by atoms with E-state index in [2.05, 4.69) is 82.0 Å². The molecule has 36 heavy (non-hydrogen) atoms. The molecule has 1 aliphatic heterocycles. The van der Waals surface area contributed by atoms with Gasteiger partial charge in [-0.1, -0.05) is 43.3 Å². The molecule has 4 nitrogen and oxygen atoms in total. The van der Waals surface area contributed by atoms with Gasteiger partial charge in [0, 0.05) is 49.3 Å². The monoisotopic (exact) mass is 486 g/mol. The number of piperazine rings is 1. The number of halogens is 1. The molecule has 5 heteroatoms. The first kappa shape index (κ1) is 24.6. The molecule has 5 rings (SSSR count). The lowest BCUT2D eigenvalue weighted by atomic mass is 9.74. The molecule has 1 heterocycles. The number of benzene rings is 3. The van der Waals surface area contributed by atoms with Gasteiger partial charge in [-0.2, -0.15) is 0 Å². The smallest absolute Gasteiger partial charge is 0.125 e. The highest BCUT2D eigenvalue weighted by Gasteiger charge is 2.35. The van der Waals surface area contributed by atoms with Crippen molar-refractivity contribution in [1.82, 2.24) is 4.90 Å². The van der Waals surface area contributed by atoms with Crippen molar-refractivity contribution in [3.63, 3.8) is 0 Å². The molecule has 1 aliphatic carbocycles. The summed E-state index contributed by atoms with van der Waals surface area (Å²) in [6.45, 7) is 8.92. The standard InChI is InChI=1S/C31H39FN4/c1-23-11-16-31(36-19-17-35(18-20-36)29-9-4-3-5-10-29)30(21-23)25-12-14-27(15-13-25)33-24(2)34-28-8-6-7-26(32)22-28/h3-10,12-15,22-24,30-31,33-34H,11,16-21H2,1-2H3/t23-,24?,30?,31+/m0/s1. The summed E-state index contributed by atoms with van der Waals surface area (Å²) in [7, 11) is 0. The Kier molecular flexibility index (Phi) is 7.76. The quantitative estimate of drug-likeness (QED) is 0.360. The second kappa shape index (κ2) is 11.3. The van der Waals surface area contributed by atoms with Crippen LogP contribution in [0.3, 0.4) is 0 Å². The number of nitrogens with zero attached hydrogens (tertiary/aromatic N) is 2. The second-order valence-electron chi connectivity index (χ2n) is 10.6. The van der Waals surface area contributed by atoms with Gasteiger partial charge in [-0.05, 0) is 86.1 Å². The van der Waals surface area contributed by atoms with Crippen molar-refractivity contribution in [1.29, 1.82) is 0 Å². The number of hydrogen-bond acceptors (Lipinski definition) is 4. The van der Waals surface area contributed by atoms with Crippen LogP contribution in [-0.4, -0.2) is 43.3 Å². The van der Waals surface area contributed by atoms with Crippen LogP contribution < -0.4 is 15.5 Å². The van der Waals surface area contributed by atoms with Crippen molar-refractivity contribution in [2.45, 2.75) is 51.2 Å². The fourth-order valence-corrected chi connectivity index (χ4v) is 6.05. The zero-order chi connectivity index (χ0) is 24.9. The van der Waals surface area contributed by atoms with Crippen LogP contribution >= 0.6 is 0 Å². The van der Waals surface area contributed by atoms with Gasteiger partial charge in [-0.3, -0.25) is 4.90 Å². The van der Waals surface area contributed by atoms with E-state index in [1.165, 1.54) is 42.6 Å². The van der Waals surface area contributed by atoms with Gasteiger partial charge in [0.15, 0.2) is 0 Å². The zero-order valence-electron chi connectivity index (χ0n) is 21.5. The summed E-state index contributed by atoms with van der Waals surface area (Å²) < 4.78 is 13.5.